The summed E-state index contributed by atoms with van der Waals surface area (Å²) in [7, 11) is 0. The molecule has 0 fully saturated rings. The van der Waals surface area contributed by atoms with Crippen LogP contribution in [-0.2, 0) is 6.18 Å². The predicted molar refractivity (Wildman–Crippen MR) is 74.6 cm³/mol. The molecular weight excluding hydrogens is 349 g/mol. The molecule has 1 aromatic heterocycles. The summed E-state index contributed by atoms with van der Waals surface area (Å²) in [4.78, 5) is 0. The van der Waals surface area contributed by atoms with E-state index < -0.39 is 17.8 Å². The minimum atomic E-state index is -4.54. The molecule has 0 saturated carbocycles. The Hall–Kier alpha value is -1.94. The van der Waals surface area contributed by atoms with Crippen molar-refractivity contribution in [2.24, 2.45) is 0 Å². The van der Waals surface area contributed by atoms with Crippen LogP contribution in [0.15, 0.2) is 39.4 Å². The number of hydrogen-bond acceptors (Lipinski definition) is 3. The Morgan fingerprint density at radius 1 is 1.29 bits per heavy atom. The van der Waals surface area contributed by atoms with Gasteiger partial charge in [0.2, 0.25) is 0 Å². The third-order valence-corrected chi connectivity index (χ3v) is 3.27. The number of nitrogens with zero attached hydrogens (tertiary/aromatic N) is 1. The highest BCUT2D eigenvalue weighted by atomic mass is 79.9. The third-order valence-electron chi connectivity index (χ3n) is 2.85. The van der Waals surface area contributed by atoms with Gasteiger partial charge in [-0.15, -0.1) is 0 Å². The van der Waals surface area contributed by atoms with Crippen molar-refractivity contribution in [1.82, 2.24) is 0 Å². The van der Waals surface area contributed by atoms with Crippen LogP contribution in [0.1, 0.15) is 29.9 Å². The van der Waals surface area contributed by atoms with Crippen LogP contribution in [0.25, 0.3) is 0 Å². The molecule has 1 aromatic carbocycles. The maximum atomic E-state index is 13.0. The van der Waals surface area contributed by atoms with E-state index in [0.717, 1.165) is 6.07 Å². The third kappa shape index (κ3) is 3.58. The van der Waals surface area contributed by atoms with E-state index in [2.05, 4.69) is 21.2 Å². The van der Waals surface area contributed by atoms with Crippen LogP contribution in [0.5, 0.6) is 0 Å². The second-order valence-corrected chi connectivity index (χ2v) is 5.16. The quantitative estimate of drug-likeness (QED) is 0.829. The largest absolute Gasteiger partial charge is 0.452 e. The lowest BCUT2D eigenvalue weighted by Gasteiger charge is -2.18. The van der Waals surface area contributed by atoms with Gasteiger partial charge >= 0.3 is 6.18 Å². The Balaban J connectivity index is 2.33. The predicted octanol–water partition coefficient (Wildman–Crippen LogP) is 5.11. The van der Waals surface area contributed by atoms with E-state index in [9.17, 15) is 13.2 Å². The molecule has 7 heteroatoms. The van der Waals surface area contributed by atoms with Crippen LogP contribution in [-0.4, -0.2) is 0 Å². The van der Waals surface area contributed by atoms with Gasteiger partial charge < -0.3 is 9.73 Å². The monoisotopic (exact) mass is 358 g/mol. The normalized spacial score (nSPS) is 12.8. The minimum absolute atomic E-state index is 0.0405. The number of rotatable bonds is 3. The number of nitrogens with one attached hydrogen (secondary N) is 1. The van der Waals surface area contributed by atoms with Crippen molar-refractivity contribution in [3.05, 3.63) is 51.9 Å². The van der Waals surface area contributed by atoms with Gasteiger partial charge in [-0.3, -0.25) is 0 Å². The summed E-state index contributed by atoms with van der Waals surface area (Å²) in [6, 6.07) is 7.99. The number of benzene rings is 1. The zero-order valence-electron chi connectivity index (χ0n) is 10.8. The van der Waals surface area contributed by atoms with Gasteiger partial charge in [-0.25, -0.2) is 0 Å². The van der Waals surface area contributed by atoms with Gasteiger partial charge in [0.05, 0.1) is 23.2 Å². The molecule has 0 spiro atoms. The lowest BCUT2D eigenvalue weighted by atomic mass is 10.1. The first-order valence-corrected chi connectivity index (χ1v) is 6.73. The second kappa shape index (κ2) is 5.82. The van der Waals surface area contributed by atoms with Gasteiger partial charge in [0, 0.05) is 5.69 Å². The standard InChI is InChI=1S/C14H10BrF3N2O/c1-8(12-4-5-13(15)21-12)20-11-3-2-9(7-19)6-10(11)14(16,17)18/h2-6,8,20H,1H3. The Morgan fingerprint density at radius 3 is 2.52 bits per heavy atom. The lowest BCUT2D eigenvalue weighted by molar-refractivity contribution is -0.137. The zero-order chi connectivity index (χ0) is 15.6. The van der Waals surface area contributed by atoms with E-state index in [1.165, 1.54) is 12.1 Å². The van der Waals surface area contributed by atoms with E-state index in [1.807, 2.05) is 0 Å². The highest BCUT2D eigenvalue weighted by Crippen LogP contribution is 2.37. The summed E-state index contributed by atoms with van der Waals surface area (Å²) in [6.07, 6.45) is -4.54. The molecule has 1 unspecified atom stereocenters. The van der Waals surface area contributed by atoms with E-state index in [1.54, 1.807) is 25.1 Å². The van der Waals surface area contributed by atoms with E-state index >= 15 is 0 Å². The van der Waals surface area contributed by atoms with Crippen LogP contribution >= 0.6 is 15.9 Å². The van der Waals surface area contributed by atoms with Crippen molar-refractivity contribution >= 4 is 21.6 Å². The first-order chi connectivity index (χ1) is 9.81. The van der Waals surface area contributed by atoms with Crippen molar-refractivity contribution in [3.63, 3.8) is 0 Å². The smallest absolute Gasteiger partial charge is 0.418 e. The summed E-state index contributed by atoms with van der Waals surface area (Å²) in [5, 5.41) is 11.5. The molecule has 1 N–H and O–H groups in total. The van der Waals surface area contributed by atoms with E-state index in [0.29, 0.717) is 10.4 Å². The molecule has 0 bridgehead atoms. The van der Waals surface area contributed by atoms with Crippen LogP contribution in [0.3, 0.4) is 0 Å². The fourth-order valence-corrected chi connectivity index (χ4v) is 2.16. The zero-order valence-corrected chi connectivity index (χ0v) is 12.4. The number of halogens is 4. The summed E-state index contributed by atoms with van der Waals surface area (Å²) in [5.74, 6) is 0.499. The minimum Gasteiger partial charge on any atom is -0.452 e. The molecule has 1 atom stereocenters. The Bertz CT molecular complexity index is 688. The van der Waals surface area contributed by atoms with Crippen molar-refractivity contribution < 1.29 is 17.6 Å². The summed E-state index contributed by atoms with van der Waals surface area (Å²) >= 11 is 3.14. The first kappa shape index (κ1) is 15.4. The molecular formula is C14H10BrF3N2O. The summed E-state index contributed by atoms with van der Waals surface area (Å²) in [5.41, 5.74) is -1.01. The van der Waals surface area contributed by atoms with Crippen molar-refractivity contribution in [3.8, 4) is 6.07 Å². The average Bonchev–Trinajstić information content (AvgIpc) is 2.84. The number of hydrogen-bond donors (Lipinski definition) is 1. The van der Waals surface area contributed by atoms with Gasteiger partial charge in [0.25, 0.3) is 0 Å². The SMILES string of the molecule is CC(Nc1ccc(C#N)cc1C(F)(F)F)c1ccc(Br)o1. The van der Waals surface area contributed by atoms with Crippen LogP contribution < -0.4 is 5.32 Å². The highest BCUT2D eigenvalue weighted by Gasteiger charge is 2.34. The lowest BCUT2D eigenvalue weighted by Crippen LogP contribution is -2.13. The molecule has 1 heterocycles. The van der Waals surface area contributed by atoms with E-state index in [-0.39, 0.29) is 11.3 Å². The second-order valence-electron chi connectivity index (χ2n) is 4.38. The van der Waals surface area contributed by atoms with Crippen molar-refractivity contribution in [1.29, 1.82) is 5.26 Å². The Labute approximate surface area is 127 Å². The maximum absolute atomic E-state index is 13.0. The number of alkyl halides is 3. The fourth-order valence-electron chi connectivity index (χ4n) is 1.84. The van der Waals surface area contributed by atoms with Gasteiger partial charge in [-0.1, -0.05) is 0 Å². The molecule has 21 heavy (non-hydrogen) atoms. The average molecular weight is 359 g/mol. The van der Waals surface area contributed by atoms with Gasteiger partial charge in [0.1, 0.15) is 5.76 Å². The van der Waals surface area contributed by atoms with Crippen molar-refractivity contribution in [2.75, 3.05) is 5.32 Å². The first-order valence-electron chi connectivity index (χ1n) is 5.94. The Morgan fingerprint density at radius 2 is 2.00 bits per heavy atom. The molecule has 0 aliphatic heterocycles. The molecule has 0 aliphatic rings. The molecule has 2 aromatic rings. The van der Waals surface area contributed by atoms with Crippen LogP contribution in [0.4, 0.5) is 18.9 Å². The number of anilines is 1. The molecule has 2 rings (SSSR count). The Kier molecular flexibility index (Phi) is 4.28. The molecule has 0 aliphatic carbocycles. The van der Waals surface area contributed by atoms with Gasteiger partial charge in [0.15, 0.2) is 4.67 Å². The molecule has 3 nitrogen and oxygen atoms in total. The summed E-state index contributed by atoms with van der Waals surface area (Å²) < 4.78 is 44.9. The van der Waals surface area contributed by atoms with Gasteiger partial charge in [-0.2, -0.15) is 18.4 Å². The van der Waals surface area contributed by atoms with Crippen LogP contribution in [0.2, 0.25) is 0 Å². The highest BCUT2D eigenvalue weighted by molar-refractivity contribution is 9.10. The van der Waals surface area contributed by atoms with Gasteiger partial charge in [-0.05, 0) is 53.2 Å². The van der Waals surface area contributed by atoms with E-state index in [4.69, 9.17) is 9.68 Å². The molecule has 0 radical (unpaired) electrons. The summed E-state index contributed by atoms with van der Waals surface area (Å²) in [6.45, 7) is 1.68. The number of furan rings is 1. The fraction of sp³-hybridized carbons (Fsp3) is 0.214. The molecule has 110 valence electrons. The molecule has 0 amide bonds. The number of nitriles is 1. The topological polar surface area (TPSA) is 49.0 Å². The maximum Gasteiger partial charge on any atom is 0.418 e. The van der Waals surface area contributed by atoms with Crippen molar-refractivity contribution in [2.45, 2.75) is 19.1 Å². The molecule has 0 saturated heterocycles. The van der Waals surface area contributed by atoms with Crippen LogP contribution in [0, 0.1) is 11.3 Å².